The lowest BCUT2D eigenvalue weighted by Crippen LogP contribution is -2.30. The molecule has 1 heterocycles. The van der Waals surface area contributed by atoms with Crippen LogP contribution >= 0.6 is 0 Å². The molecule has 5 nitrogen and oxygen atoms in total. The lowest BCUT2D eigenvalue weighted by molar-refractivity contribution is -0.144. The third kappa shape index (κ3) is 3.19. The van der Waals surface area contributed by atoms with E-state index in [1.165, 1.54) is 12.8 Å². The largest absolute Gasteiger partial charge is 0.481 e. The van der Waals surface area contributed by atoms with Gasteiger partial charge in [-0.3, -0.25) is 4.79 Å². The zero-order chi connectivity index (χ0) is 14.5. The zero-order valence-electron chi connectivity index (χ0n) is 12.5. The van der Waals surface area contributed by atoms with Crippen LogP contribution in [0.4, 0.5) is 0 Å². The van der Waals surface area contributed by atoms with Crippen LogP contribution in [0.15, 0.2) is 6.20 Å². The summed E-state index contributed by atoms with van der Waals surface area (Å²) in [5.74, 6) is -0.240. The second-order valence-electron chi connectivity index (χ2n) is 5.90. The fourth-order valence-corrected chi connectivity index (χ4v) is 3.49. The Balaban J connectivity index is 2.22. The molecule has 0 aliphatic heterocycles. The van der Waals surface area contributed by atoms with Gasteiger partial charge in [0, 0.05) is 12.5 Å². The SMILES string of the molecule is CCCC1CCC(C(=O)O)C(c2cnnn2CCC)C1. The van der Waals surface area contributed by atoms with Crippen molar-refractivity contribution in [3.63, 3.8) is 0 Å². The molecule has 1 aromatic heterocycles. The molecule has 112 valence electrons. The monoisotopic (exact) mass is 279 g/mol. The first-order chi connectivity index (χ1) is 9.67. The number of nitrogens with zero attached hydrogens (tertiary/aromatic N) is 3. The summed E-state index contributed by atoms with van der Waals surface area (Å²) in [6.07, 6.45) is 7.89. The average molecular weight is 279 g/mol. The van der Waals surface area contributed by atoms with Gasteiger partial charge < -0.3 is 5.11 Å². The first-order valence-electron chi connectivity index (χ1n) is 7.78. The molecule has 0 amide bonds. The summed E-state index contributed by atoms with van der Waals surface area (Å²) in [7, 11) is 0. The summed E-state index contributed by atoms with van der Waals surface area (Å²) in [5.41, 5.74) is 1.01. The second-order valence-corrected chi connectivity index (χ2v) is 5.90. The van der Waals surface area contributed by atoms with Gasteiger partial charge in [0.05, 0.1) is 17.8 Å². The summed E-state index contributed by atoms with van der Waals surface area (Å²) in [6, 6.07) is 0. The van der Waals surface area contributed by atoms with E-state index in [-0.39, 0.29) is 11.8 Å². The van der Waals surface area contributed by atoms with Crippen LogP contribution in [-0.4, -0.2) is 26.1 Å². The number of carboxylic acids is 1. The van der Waals surface area contributed by atoms with Gasteiger partial charge in [-0.1, -0.05) is 31.9 Å². The minimum Gasteiger partial charge on any atom is -0.481 e. The van der Waals surface area contributed by atoms with Crippen LogP contribution in [0.5, 0.6) is 0 Å². The minimum atomic E-state index is -0.672. The van der Waals surface area contributed by atoms with E-state index < -0.39 is 5.97 Å². The number of aliphatic carboxylic acids is 1. The van der Waals surface area contributed by atoms with Crippen LogP contribution in [0, 0.1) is 11.8 Å². The van der Waals surface area contributed by atoms with Crippen LogP contribution in [0.3, 0.4) is 0 Å². The van der Waals surface area contributed by atoms with Crippen molar-refractivity contribution in [1.82, 2.24) is 15.0 Å². The molecule has 1 fully saturated rings. The molecule has 20 heavy (non-hydrogen) atoms. The molecule has 1 aliphatic carbocycles. The molecule has 5 heteroatoms. The molecule has 3 unspecified atom stereocenters. The third-order valence-corrected chi connectivity index (χ3v) is 4.44. The Labute approximate surface area is 120 Å². The van der Waals surface area contributed by atoms with Crippen molar-refractivity contribution in [3.05, 3.63) is 11.9 Å². The summed E-state index contributed by atoms with van der Waals surface area (Å²) in [4.78, 5) is 11.5. The molecule has 1 aromatic rings. The van der Waals surface area contributed by atoms with Crippen LogP contribution in [0.2, 0.25) is 0 Å². The molecule has 2 rings (SSSR count). The smallest absolute Gasteiger partial charge is 0.307 e. The van der Waals surface area contributed by atoms with E-state index in [0.29, 0.717) is 5.92 Å². The van der Waals surface area contributed by atoms with Gasteiger partial charge in [0.2, 0.25) is 0 Å². The number of carbonyl (C=O) groups is 1. The van der Waals surface area contributed by atoms with Gasteiger partial charge in [0.25, 0.3) is 0 Å². The van der Waals surface area contributed by atoms with E-state index in [4.69, 9.17) is 0 Å². The van der Waals surface area contributed by atoms with E-state index in [1.54, 1.807) is 6.20 Å². The van der Waals surface area contributed by atoms with Crippen LogP contribution < -0.4 is 0 Å². The molecular formula is C15H25N3O2. The Bertz CT molecular complexity index is 444. The highest BCUT2D eigenvalue weighted by Gasteiger charge is 2.37. The summed E-state index contributed by atoms with van der Waals surface area (Å²) < 4.78 is 1.90. The van der Waals surface area contributed by atoms with Crippen molar-refractivity contribution < 1.29 is 9.90 Å². The van der Waals surface area contributed by atoms with Crippen LogP contribution in [0.25, 0.3) is 0 Å². The van der Waals surface area contributed by atoms with Gasteiger partial charge in [-0.05, 0) is 31.6 Å². The minimum absolute atomic E-state index is 0.0688. The standard InChI is InChI=1S/C15H25N3O2/c1-3-5-11-6-7-12(15(19)20)13(9-11)14-10-16-17-18(14)8-4-2/h10-13H,3-9H2,1-2H3,(H,19,20). The Morgan fingerprint density at radius 3 is 2.85 bits per heavy atom. The van der Waals surface area contributed by atoms with Gasteiger partial charge in [-0.15, -0.1) is 5.10 Å². The topological polar surface area (TPSA) is 68.0 Å². The number of hydrogen-bond donors (Lipinski definition) is 1. The van der Waals surface area contributed by atoms with Gasteiger partial charge in [0.15, 0.2) is 0 Å². The fourth-order valence-electron chi connectivity index (χ4n) is 3.49. The predicted octanol–water partition coefficient (Wildman–Crippen LogP) is 3.07. The number of aryl methyl sites for hydroxylation is 1. The quantitative estimate of drug-likeness (QED) is 0.869. The van der Waals surface area contributed by atoms with E-state index >= 15 is 0 Å². The van der Waals surface area contributed by atoms with Crippen molar-refractivity contribution >= 4 is 5.97 Å². The molecule has 3 atom stereocenters. The maximum atomic E-state index is 11.5. The highest BCUT2D eigenvalue weighted by Crippen LogP contribution is 2.42. The molecular weight excluding hydrogens is 254 g/mol. The van der Waals surface area contributed by atoms with E-state index in [2.05, 4.69) is 24.2 Å². The van der Waals surface area contributed by atoms with Crippen LogP contribution in [-0.2, 0) is 11.3 Å². The highest BCUT2D eigenvalue weighted by atomic mass is 16.4. The fraction of sp³-hybridized carbons (Fsp3) is 0.800. The Morgan fingerprint density at radius 1 is 1.40 bits per heavy atom. The molecule has 0 bridgehead atoms. The van der Waals surface area contributed by atoms with Crippen molar-refractivity contribution in [2.75, 3.05) is 0 Å². The van der Waals surface area contributed by atoms with E-state index in [0.717, 1.165) is 37.9 Å². The normalized spacial score (nSPS) is 26.6. The van der Waals surface area contributed by atoms with Gasteiger partial charge in [0.1, 0.15) is 0 Å². The Morgan fingerprint density at radius 2 is 2.20 bits per heavy atom. The summed E-state index contributed by atoms with van der Waals surface area (Å²) in [5, 5.41) is 17.6. The maximum Gasteiger partial charge on any atom is 0.307 e. The number of aromatic nitrogens is 3. The summed E-state index contributed by atoms with van der Waals surface area (Å²) >= 11 is 0. The van der Waals surface area contributed by atoms with Crippen molar-refractivity contribution in [1.29, 1.82) is 0 Å². The highest BCUT2D eigenvalue weighted by molar-refractivity contribution is 5.71. The Kier molecular flexibility index (Phi) is 5.15. The Hall–Kier alpha value is -1.39. The molecule has 0 aromatic carbocycles. The van der Waals surface area contributed by atoms with Crippen molar-refractivity contribution in [2.45, 2.75) is 64.8 Å². The average Bonchev–Trinajstić information content (AvgIpc) is 2.87. The van der Waals surface area contributed by atoms with Gasteiger partial charge in [-0.25, -0.2) is 4.68 Å². The third-order valence-electron chi connectivity index (χ3n) is 4.44. The van der Waals surface area contributed by atoms with Crippen LogP contribution in [0.1, 0.15) is 64.0 Å². The predicted molar refractivity (Wildman–Crippen MR) is 76.4 cm³/mol. The zero-order valence-corrected chi connectivity index (χ0v) is 12.5. The van der Waals surface area contributed by atoms with Crippen molar-refractivity contribution in [2.24, 2.45) is 11.8 Å². The number of rotatable bonds is 6. The maximum absolute atomic E-state index is 11.5. The number of carboxylic acid groups (broad SMARTS) is 1. The molecule has 0 spiro atoms. The molecule has 1 N–H and O–H groups in total. The van der Waals surface area contributed by atoms with Crippen molar-refractivity contribution in [3.8, 4) is 0 Å². The second kappa shape index (κ2) is 6.86. The molecule has 0 saturated heterocycles. The molecule has 0 radical (unpaired) electrons. The molecule has 1 saturated carbocycles. The lowest BCUT2D eigenvalue weighted by atomic mass is 9.71. The summed E-state index contributed by atoms with van der Waals surface area (Å²) in [6.45, 7) is 5.11. The van der Waals surface area contributed by atoms with E-state index in [9.17, 15) is 9.90 Å². The lowest BCUT2D eigenvalue weighted by Gasteiger charge is -2.34. The van der Waals surface area contributed by atoms with Gasteiger partial charge in [-0.2, -0.15) is 0 Å². The number of hydrogen-bond acceptors (Lipinski definition) is 3. The molecule has 1 aliphatic rings. The van der Waals surface area contributed by atoms with Gasteiger partial charge >= 0.3 is 5.97 Å². The first-order valence-corrected chi connectivity index (χ1v) is 7.78. The first kappa shape index (κ1) is 15.0. The van der Waals surface area contributed by atoms with E-state index in [1.807, 2.05) is 4.68 Å².